The molecule has 1 saturated heterocycles. The van der Waals surface area contributed by atoms with Crippen molar-refractivity contribution in [2.45, 2.75) is 18.8 Å². The standard InChI is InChI=1S/C22H20N6O2/c1-2-13-9-20(28-8-7-16-21(24)25-12-26-22(16)28)30-18(13)11-29-15-5-3-14-4-6-19(23)27-17(14)10-15/h1,3-8,10,12-13,18,20H,9,11H2,(H2,23,27)(H2,24,25,26)/t13-,18?,20?/m1/s1. The molecule has 4 heterocycles. The summed E-state index contributed by atoms with van der Waals surface area (Å²) in [4.78, 5) is 12.7. The van der Waals surface area contributed by atoms with Gasteiger partial charge in [0.15, 0.2) is 0 Å². The van der Waals surface area contributed by atoms with Gasteiger partial charge in [0.05, 0.1) is 16.8 Å². The number of nitrogens with two attached hydrogens (primary N) is 2. The number of ether oxygens (including phenoxy) is 2. The van der Waals surface area contributed by atoms with Crippen LogP contribution in [0.5, 0.6) is 5.75 Å². The highest BCUT2D eigenvalue weighted by atomic mass is 16.6. The number of terminal acetylenes is 1. The highest BCUT2D eigenvalue weighted by Crippen LogP contribution is 2.36. The van der Waals surface area contributed by atoms with Crippen LogP contribution in [0, 0.1) is 18.3 Å². The second-order valence-corrected chi connectivity index (χ2v) is 7.26. The first-order valence-electron chi connectivity index (χ1n) is 9.60. The van der Waals surface area contributed by atoms with Crippen LogP contribution in [0.25, 0.3) is 21.9 Å². The molecular formula is C22H20N6O2. The van der Waals surface area contributed by atoms with E-state index < -0.39 is 0 Å². The maximum absolute atomic E-state index is 6.24. The second kappa shape index (κ2) is 7.21. The average Bonchev–Trinajstić information content (AvgIpc) is 3.36. The molecule has 0 radical (unpaired) electrons. The molecule has 8 nitrogen and oxygen atoms in total. The van der Waals surface area contributed by atoms with Gasteiger partial charge in [-0.05, 0) is 30.3 Å². The number of nitrogen functional groups attached to an aromatic ring is 2. The molecular weight excluding hydrogens is 380 g/mol. The zero-order valence-corrected chi connectivity index (χ0v) is 16.1. The molecule has 1 aromatic carbocycles. The van der Waals surface area contributed by atoms with Gasteiger partial charge in [-0.1, -0.05) is 0 Å². The topological polar surface area (TPSA) is 114 Å². The van der Waals surface area contributed by atoms with Gasteiger partial charge in [-0.25, -0.2) is 15.0 Å². The molecule has 4 aromatic rings. The summed E-state index contributed by atoms with van der Waals surface area (Å²) in [5, 5.41) is 1.79. The van der Waals surface area contributed by atoms with Crippen LogP contribution >= 0.6 is 0 Å². The Bertz CT molecular complexity index is 1280. The van der Waals surface area contributed by atoms with Crippen molar-refractivity contribution in [2.24, 2.45) is 5.92 Å². The number of aromatic nitrogens is 4. The largest absolute Gasteiger partial charge is 0.491 e. The Balaban J connectivity index is 1.33. The zero-order chi connectivity index (χ0) is 20.7. The molecule has 5 rings (SSSR count). The summed E-state index contributed by atoms with van der Waals surface area (Å²) in [6, 6.07) is 11.3. The fourth-order valence-electron chi connectivity index (χ4n) is 3.83. The van der Waals surface area contributed by atoms with E-state index in [2.05, 4.69) is 20.9 Å². The minimum absolute atomic E-state index is 0.0825. The van der Waals surface area contributed by atoms with Crippen LogP contribution in [0.1, 0.15) is 12.6 Å². The van der Waals surface area contributed by atoms with Crippen LogP contribution in [0.15, 0.2) is 48.9 Å². The molecule has 0 saturated carbocycles. The van der Waals surface area contributed by atoms with Gasteiger partial charge in [0.25, 0.3) is 0 Å². The lowest BCUT2D eigenvalue weighted by molar-refractivity contribution is -0.0199. The third-order valence-corrected chi connectivity index (χ3v) is 5.40. The molecule has 2 unspecified atom stereocenters. The summed E-state index contributed by atoms with van der Waals surface area (Å²) in [5.74, 6) is 4.35. The summed E-state index contributed by atoms with van der Waals surface area (Å²) in [7, 11) is 0. The quantitative estimate of drug-likeness (QED) is 0.506. The first-order valence-corrected chi connectivity index (χ1v) is 9.60. The number of nitrogens with zero attached hydrogens (tertiary/aromatic N) is 4. The fraction of sp³-hybridized carbons (Fsp3) is 0.227. The van der Waals surface area contributed by atoms with Gasteiger partial charge in [-0.15, -0.1) is 12.3 Å². The van der Waals surface area contributed by atoms with Gasteiger partial charge in [0.1, 0.15) is 48.3 Å². The van der Waals surface area contributed by atoms with E-state index in [1.165, 1.54) is 6.33 Å². The number of hydrogen-bond donors (Lipinski definition) is 2. The van der Waals surface area contributed by atoms with E-state index in [4.69, 9.17) is 27.4 Å². The Hall–Kier alpha value is -3.83. The highest BCUT2D eigenvalue weighted by Gasteiger charge is 2.36. The van der Waals surface area contributed by atoms with Crippen molar-refractivity contribution in [2.75, 3.05) is 18.1 Å². The molecule has 150 valence electrons. The van der Waals surface area contributed by atoms with Gasteiger partial charge < -0.3 is 25.5 Å². The van der Waals surface area contributed by atoms with E-state index in [0.717, 1.165) is 21.9 Å². The molecule has 4 N–H and O–H groups in total. The van der Waals surface area contributed by atoms with Crippen molar-refractivity contribution in [3.63, 3.8) is 0 Å². The third kappa shape index (κ3) is 3.15. The lowest BCUT2D eigenvalue weighted by Gasteiger charge is -2.17. The van der Waals surface area contributed by atoms with Crippen molar-refractivity contribution < 1.29 is 9.47 Å². The Morgan fingerprint density at radius 3 is 2.93 bits per heavy atom. The van der Waals surface area contributed by atoms with Crippen molar-refractivity contribution in [3.8, 4) is 18.1 Å². The van der Waals surface area contributed by atoms with Crippen LogP contribution < -0.4 is 16.2 Å². The summed E-state index contributed by atoms with van der Waals surface area (Å²) in [6.45, 7) is 0.329. The van der Waals surface area contributed by atoms with E-state index in [-0.39, 0.29) is 18.2 Å². The van der Waals surface area contributed by atoms with E-state index in [1.807, 2.05) is 41.1 Å². The molecule has 1 aliphatic rings. The number of hydrogen-bond acceptors (Lipinski definition) is 7. The summed E-state index contributed by atoms with van der Waals surface area (Å²) < 4.78 is 14.2. The van der Waals surface area contributed by atoms with Gasteiger partial charge in [-0.3, -0.25) is 0 Å². The number of rotatable bonds is 4. The smallest absolute Gasteiger partial charge is 0.147 e. The van der Waals surface area contributed by atoms with Crippen molar-refractivity contribution in [1.82, 2.24) is 19.5 Å². The van der Waals surface area contributed by atoms with Crippen molar-refractivity contribution in [3.05, 3.63) is 48.9 Å². The van der Waals surface area contributed by atoms with Crippen molar-refractivity contribution in [1.29, 1.82) is 0 Å². The number of anilines is 2. The predicted octanol–water partition coefficient (Wildman–Crippen LogP) is 2.76. The molecule has 3 atom stereocenters. The molecule has 8 heteroatoms. The predicted molar refractivity (Wildman–Crippen MR) is 114 cm³/mol. The third-order valence-electron chi connectivity index (χ3n) is 5.40. The minimum atomic E-state index is -0.249. The Kier molecular flexibility index (Phi) is 4.38. The number of benzene rings is 1. The molecule has 0 bridgehead atoms. The van der Waals surface area contributed by atoms with Gasteiger partial charge >= 0.3 is 0 Å². The highest BCUT2D eigenvalue weighted by molar-refractivity contribution is 5.86. The monoisotopic (exact) mass is 400 g/mol. The van der Waals surface area contributed by atoms with Crippen LogP contribution in [0.2, 0.25) is 0 Å². The van der Waals surface area contributed by atoms with Crippen LogP contribution in [-0.2, 0) is 4.74 Å². The molecule has 3 aromatic heterocycles. The van der Waals surface area contributed by atoms with E-state index in [9.17, 15) is 0 Å². The fourth-order valence-corrected chi connectivity index (χ4v) is 3.83. The van der Waals surface area contributed by atoms with Crippen LogP contribution in [0.4, 0.5) is 11.6 Å². The van der Waals surface area contributed by atoms with E-state index >= 15 is 0 Å². The van der Waals surface area contributed by atoms with Crippen LogP contribution in [0.3, 0.4) is 0 Å². The Labute approximate surface area is 172 Å². The maximum atomic E-state index is 6.24. The number of fused-ring (bicyclic) bond motifs is 2. The molecule has 1 fully saturated rings. The Morgan fingerprint density at radius 2 is 2.07 bits per heavy atom. The molecule has 0 spiro atoms. The molecule has 30 heavy (non-hydrogen) atoms. The van der Waals surface area contributed by atoms with Crippen molar-refractivity contribution >= 4 is 33.6 Å². The second-order valence-electron chi connectivity index (χ2n) is 7.26. The number of pyridine rings is 1. The molecule has 0 aliphatic carbocycles. The summed E-state index contributed by atoms with van der Waals surface area (Å²) >= 11 is 0. The lowest BCUT2D eigenvalue weighted by Crippen LogP contribution is -2.23. The summed E-state index contributed by atoms with van der Waals surface area (Å²) in [5.41, 5.74) is 13.2. The SMILES string of the molecule is C#C[C@@H]1CC(n2ccc3c(N)ncnc32)OC1COc1ccc2ccc(N)nc2c1. The zero-order valence-electron chi connectivity index (χ0n) is 16.1. The average molecular weight is 400 g/mol. The maximum Gasteiger partial charge on any atom is 0.147 e. The van der Waals surface area contributed by atoms with Gasteiger partial charge in [-0.2, -0.15) is 0 Å². The lowest BCUT2D eigenvalue weighted by atomic mass is 10.0. The van der Waals surface area contributed by atoms with Crippen LogP contribution in [-0.4, -0.2) is 32.2 Å². The molecule has 1 aliphatic heterocycles. The van der Waals surface area contributed by atoms with E-state index in [1.54, 1.807) is 6.07 Å². The Morgan fingerprint density at radius 1 is 1.20 bits per heavy atom. The summed E-state index contributed by atoms with van der Waals surface area (Å²) in [6.07, 6.45) is 9.28. The van der Waals surface area contributed by atoms with Gasteiger partial charge in [0, 0.05) is 24.1 Å². The normalized spacial score (nSPS) is 21.1. The first kappa shape index (κ1) is 18.2. The first-order chi connectivity index (χ1) is 14.6. The van der Waals surface area contributed by atoms with E-state index in [0.29, 0.717) is 30.4 Å². The minimum Gasteiger partial charge on any atom is -0.491 e. The van der Waals surface area contributed by atoms with Gasteiger partial charge in [0.2, 0.25) is 0 Å². The molecule has 0 amide bonds.